The van der Waals surface area contributed by atoms with E-state index in [9.17, 15) is 14.9 Å². The SMILES string of the molecule is O=C(NCCSCc1ccsc1)c1cc2c(cc1[N+](=O)[O-])OCCO2. The summed E-state index contributed by atoms with van der Waals surface area (Å²) < 4.78 is 10.7. The van der Waals surface area contributed by atoms with Crippen molar-refractivity contribution in [2.24, 2.45) is 0 Å². The van der Waals surface area contributed by atoms with Crippen molar-refractivity contribution in [2.75, 3.05) is 25.5 Å². The van der Waals surface area contributed by atoms with Crippen molar-refractivity contribution in [3.05, 3.63) is 50.2 Å². The molecule has 1 aliphatic rings. The zero-order chi connectivity index (χ0) is 17.6. The Hall–Kier alpha value is -2.26. The van der Waals surface area contributed by atoms with Gasteiger partial charge in [0.15, 0.2) is 11.5 Å². The Morgan fingerprint density at radius 3 is 2.76 bits per heavy atom. The minimum Gasteiger partial charge on any atom is -0.486 e. The number of nitro benzene ring substituents is 1. The van der Waals surface area contributed by atoms with Crippen LogP contribution in [0, 0.1) is 10.1 Å². The number of benzene rings is 1. The van der Waals surface area contributed by atoms with Gasteiger partial charge in [0.1, 0.15) is 18.8 Å². The van der Waals surface area contributed by atoms with Crippen LogP contribution < -0.4 is 14.8 Å². The van der Waals surface area contributed by atoms with Gasteiger partial charge in [-0.1, -0.05) is 0 Å². The number of amides is 1. The molecule has 0 bridgehead atoms. The van der Waals surface area contributed by atoms with E-state index in [1.165, 1.54) is 17.7 Å². The van der Waals surface area contributed by atoms with E-state index >= 15 is 0 Å². The van der Waals surface area contributed by atoms with Crippen LogP contribution in [-0.2, 0) is 5.75 Å². The normalized spacial score (nSPS) is 12.6. The van der Waals surface area contributed by atoms with Gasteiger partial charge in [-0.25, -0.2) is 0 Å². The zero-order valence-electron chi connectivity index (χ0n) is 13.2. The third kappa shape index (κ3) is 4.43. The van der Waals surface area contributed by atoms with Gasteiger partial charge in [-0.05, 0) is 22.4 Å². The summed E-state index contributed by atoms with van der Waals surface area (Å²) in [6.07, 6.45) is 0. The minimum absolute atomic E-state index is 0.0166. The van der Waals surface area contributed by atoms with Gasteiger partial charge in [0, 0.05) is 24.1 Å². The van der Waals surface area contributed by atoms with Crippen molar-refractivity contribution in [1.82, 2.24) is 5.32 Å². The van der Waals surface area contributed by atoms with Gasteiger partial charge in [0.05, 0.1) is 11.0 Å². The molecule has 0 aliphatic carbocycles. The van der Waals surface area contributed by atoms with Gasteiger partial charge in [0.25, 0.3) is 11.6 Å². The molecule has 0 spiro atoms. The van der Waals surface area contributed by atoms with Gasteiger partial charge in [-0.15, -0.1) is 0 Å². The molecular formula is C16H16N2O5S2. The van der Waals surface area contributed by atoms with Crippen molar-refractivity contribution < 1.29 is 19.2 Å². The van der Waals surface area contributed by atoms with Crippen LogP contribution in [0.2, 0.25) is 0 Å². The highest BCUT2D eigenvalue weighted by Gasteiger charge is 2.26. The summed E-state index contributed by atoms with van der Waals surface area (Å²) in [6, 6.07) is 4.68. The van der Waals surface area contributed by atoms with Crippen LogP contribution in [0.3, 0.4) is 0 Å². The number of thiophene rings is 1. The van der Waals surface area contributed by atoms with E-state index in [0.29, 0.717) is 31.3 Å². The number of nitrogens with one attached hydrogen (secondary N) is 1. The van der Waals surface area contributed by atoms with Gasteiger partial charge >= 0.3 is 0 Å². The van der Waals surface area contributed by atoms with Crippen LogP contribution in [0.5, 0.6) is 11.5 Å². The second kappa shape index (κ2) is 8.21. The highest BCUT2D eigenvalue weighted by Crippen LogP contribution is 2.36. The smallest absolute Gasteiger partial charge is 0.286 e. The summed E-state index contributed by atoms with van der Waals surface area (Å²) in [5, 5.41) is 18.1. The highest BCUT2D eigenvalue weighted by molar-refractivity contribution is 7.98. The van der Waals surface area contributed by atoms with Crippen LogP contribution in [0.1, 0.15) is 15.9 Å². The largest absolute Gasteiger partial charge is 0.486 e. The molecular weight excluding hydrogens is 364 g/mol. The third-order valence-corrected chi connectivity index (χ3v) is 5.24. The molecule has 1 aliphatic heterocycles. The lowest BCUT2D eigenvalue weighted by Gasteiger charge is -2.18. The first-order chi connectivity index (χ1) is 12.1. The summed E-state index contributed by atoms with van der Waals surface area (Å²) in [7, 11) is 0. The van der Waals surface area contributed by atoms with E-state index in [1.54, 1.807) is 23.1 Å². The van der Waals surface area contributed by atoms with Gasteiger partial charge in [-0.2, -0.15) is 23.1 Å². The molecule has 0 unspecified atom stereocenters. The Morgan fingerprint density at radius 1 is 1.32 bits per heavy atom. The first-order valence-electron chi connectivity index (χ1n) is 7.60. The lowest BCUT2D eigenvalue weighted by Crippen LogP contribution is -2.27. The maximum Gasteiger partial charge on any atom is 0.286 e. The van der Waals surface area contributed by atoms with Crippen LogP contribution in [0.25, 0.3) is 0 Å². The first-order valence-corrected chi connectivity index (χ1v) is 9.70. The van der Waals surface area contributed by atoms with Crippen molar-refractivity contribution in [2.45, 2.75) is 5.75 Å². The molecule has 0 radical (unpaired) electrons. The molecule has 7 nitrogen and oxygen atoms in total. The number of ether oxygens (including phenoxy) is 2. The molecule has 1 N–H and O–H groups in total. The summed E-state index contributed by atoms with van der Waals surface area (Å²) in [4.78, 5) is 23.0. The molecule has 0 fully saturated rings. The minimum atomic E-state index is -0.585. The van der Waals surface area contributed by atoms with Crippen LogP contribution in [-0.4, -0.2) is 36.3 Å². The van der Waals surface area contributed by atoms with E-state index in [2.05, 4.69) is 16.8 Å². The molecule has 1 aromatic heterocycles. The summed E-state index contributed by atoms with van der Waals surface area (Å²) in [6.45, 7) is 1.11. The Balaban J connectivity index is 1.59. The Labute approximate surface area is 152 Å². The monoisotopic (exact) mass is 380 g/mol. The molecule has 9 heteroatoms. The van der Waals surface area contributed by atoms with E-state index in [0.717, 1.165) is 11.5 Å². The predicted molar refractivity (Wildman–Crippen MR) is 96.9 cm³/mol. The standard InChI is InChI=1S/C16H16N2O5S2/c19-16(17-2-6-25-10-11-1-5-24-9-11)12-7-14-15(23-4-3-22-14)8-13(12)18(20)21/h1,5,7-9H,2-4,6,10H2,(H,17,19). The lowest BCUT2D eigenvalue weighted by molar-refractivity contribution is -0.385. The van der Waals surface area contributed by atoms with Gasteiger partial charge in [-0.3, -0.25) is 14.9 Å². The number of nitro groups is 1. The molecule has 1 aromatic carbocycles. The van der Waals surface area contributed by atoms with Crippen LogP contribution in [0.4, 0.5) is 5.69 Å². The number of nitrogens with zero attached hydrogens (tertiary/aromatic N) is 1. The average Bonchev–Trinajstić information content (AvgIpc) is 3.13. The highest BCUT2D eigenvalue weighted by atomic mass is 32.2. The second-order valence-corrected chi connectivity index (χ2v) is 7.10. The second-order valence-electron chi connectivity index (χ2n) is 5.21. The number of carbonyl (C=O) groups is 1. The fourth-order valence-electron chi connectivity index (χ4n) is 2.31. The van der Waals surface area contributed by atoms with Gasteiger partial charge in [0.2, 0.25) is 0 Å². The molecule has 0 saturated heterocycles. The zero-order valence-corrected chi connectivity index (χ0v) is 14.9. The molecule has 0 atom stereocenters. The Bertz CT molecular complexity index is 764. The summed E-state index contributed by atoms with van der Waals surface area (Å²) in [5.41, 5.74) is 0.952. The quantitative estimate of drug-likeness (QED) is 0.451. The van der Waals surface area contributed by atoms with E-state index < -0.39 is 10.8 Å². The maximum atomic E-state index is 12.3. The summed E-state index contributed by atoms with van der Waals surface area (Å²) in [5.74, 6) is 1.76. The number of carbonyl (C=O) groups excluding carboxylic acids is 1. The van der Waals surface area contributed by atoms with Crippen LogP contribution in [0.15, 0.2) is 29.0 Å². The number of fused-ring (bicyclic) bond motifs is 1. The summed E-state index contributed by atoms with van der Waals surface area (Å²) >= 11 is 3.35. The molecule has 25 heavy (non-hydrogen) atoms. The average molecular weight is 380 g/mol. The number of hydrogen-bond acceptors (Lipinski definition) is 7. The van der Waals surface area contributed by atoms with E-state index in [1.807, 2.05) is 5.38 Å². The van der Waals surface area contributed by atoms with Gasteiger partial charge < -0.3 is 14.8 Å². The Kier molecular flexibility index (Phi) is 5.77. The topological polar surface area (TPSA) is 90.7 Å². The number of hydrogen-bond donors (Lipinski definition) is 1. The number of thioether (sulfide) groups is 1. The predicted octanol–water partition coefficient (Wildman–Crippen LogP) is 3.09. The molecule has 132 valence electrons. The fourth-order valence-corrected chi connectivity index (χ4v) is 3.89. The molecule has 1 amide bonds. The van der Waals surface area contributed by atoms with Crippen molar-refractivity contribution >= 4 is 34.7 Å². The Morgan fingerprint density at radius 2 is 2.08 bits per heavy atom. The maximum absolute atomic E-state index is 12.3. The van der Waals surface area contributed by atoms with E-state index in [-0.39, 0.29) is 11.3 Å². The van der Waals surface area contributed by atoms with Crippen molar-refractivity contribution in [3.63, 3.8) is 0 Å². The van der Waals surface area contributed by atoms with Crippen molar-refractivity contribution in [3.8, 4) is 11.5 Å². The lowest BCUT2D eigenvalue weighted by atomic mass is 10.1. The molecule has 2 heterocycles. The van der Waals surface area contributed by atoms with Crippen LogP contribution >= 0.6 is 23.1 Å². The molecule has 2 aromatic rings. The van der Waals surface area contributed by atoms with E-state index in [4.69, 9.17) is 9.47 Å². The third-order valence-electron chi connectivity index (χ3n) is 3.48. The molecule has 3 rings (SSSR count). The van der Waals surface area contributed by atoms with Crippen molar-refractivity contribution in [1.29, 1.82) is 0 Å². The number of rotatable bonds is 7. The molecule has 0 saturated carbocycles. The fraction of sp³-hybridized carbons (Fsp3) is 0.312. The first kappa shape index (κ1) is 17.6.